The van der Waals surface area contributed by atoms with Crippen LogP contribution in [0.2, 0.25) is 0 Å². The van der Waals surface area contributed by atoms with Crippen LogP contribution in [0.15, 0.2) is 91.5 Å². The van der Waals surface area contributed by atoms with Gasteiger partial charge in [0.2, 0.25) is 0 Å². The number of hydrogen-bond acceptors (Lipinski definition) is 4. The maximum Gasteiger partial charge on any atom is 0.435 e. The minimum Gasteiger partial charge on any atom is -0.459 e. The summed E-state index contributed by atoms with van der Waals surface area (Å²) in [5.74, 6) is -0.531. The molecule has 0 spiro atoms. The third kappa shape index (κ3) is 6.90. The highest BCUT2D eigenvalue weighted by molar-refractivity contribution is 6.18. The molecule has 0 saturated carbocycles. The first-order chi connectivity index (χ1) is 19.2. The first-order valence-corrected chi connectivity index (χ1v) is 13.1. The number of benzene rings is 2. The van der Waals surface area contributed by atoms with Gasteiger partial charge < -0.3 is 9.64 Å². The summed E-state index contributed by atoms with van der Waals surface area (Å²) in [7, 11) is 0. The molecular formula is C30H27ClF3N3O3. The van der Waals surface area contributed by atoms with Crippen LogP contribution >= 0.6 is 11.6 Å². The molecule has 0 aliphatic carbocycles. The second kappa shape index (κ2) is 12.8. The molecule has 2 heterocycles. The van der Waals surface area contributed by atoms with E-state index in [9.17, 15) is 22.8 Å². The molecule has 1 aromatic heterocycles. The van der Waals surface area contributed by atoms with Gasteiger partial charge in [0.25, 0.3) is 5.91 Å². The van der Waals surface area contributed by atoms with Crippen LogP contribution in [-0.4, -0.2) is 45.0 Å². The Balaban J connectivity index is 1.52. The Morgan fingerprint density at radius 1 is 1.10 bits per heavy atom. The topological polar surface area (TPSA) is 64.4 Å². The normalized spacial score (nSPS) is 15.7. The first kappa shape index (κ1) is 28.9. The van der Waals surface area contributed by atoms with E-state index in [2.05, 4.69) is 11.7 Å². The fraction of sp³-hybridized carbons (Fsp3) is 0.233. The van der Waals surface area contributed by atoms with Gasteiger partial charge in [-0.3, -0.25) is 4.79 Å². The number of carbonyl (C=O) groups excluding carboxylic acids is 2. The van der Waals surface area contributed by atoms with E-state index in [-0.39, 0.29) is 23.9 Å². The lowest BCUT2D eigenvalue weighted by molar-refractivity contribution is -0.149. The molecule has 10 heteroatoms. The number of halogens is 4. The van der Waals surface area contributed by atoms with Crippen molar-refractivity contribution < 1.29 is 27.5 Å². The first-order valence-electron chi connectivity index (χ1n) is 12.6. The molecule has 1 saturated heterocycles. The summed E-state index contributed by atoms with van der Waals surface area (Å²) in [6.45, 7) is 4.35. The molecule has 4 rings (SSSR count). The van der Waals surface area contributed by atoms with E-state index < -0.39 is 23.9 Å². The zero-order valence-corrected chi connectivity index (χ0v) is 22.2. The van der Waals surface area contributed by atoms with E-state index in [4.69, 9.17) is 16.3 Å². The highest BCUT2D eigenvalue weighted by Crippen LogP contribution is 2.33. The molecule has 40 heavy (non-hydrogen) atoms. The van der Waals surface area contributed by atoms with Crippen molar-refractivity contribution in [1.29, 1.82) is 0 Å². The molecule has 1 aliphatic rings. The number of rotatable bonds is 9. The smallest absolute Gasteiger partial charge is 0.435 e. The van der Waals surface area contributed by atoms with Crippen LogP contribution in [0.25, 0.3) is 17.0 Å². The van der Waals surface area contributed by atoms with Gasteiger partial charge >= 0.3 is 12.1 Å². The molecule has 1 unspecified atom stereocenters. The second-order valence-electron chi connectivity index (χ2n) is 9.08. The Morgan fingerprint density at radius 2 is 1.82 bits per heavy atom. The standard InChI is InChI=1S/C30H27ClF3N3O3/c1-21(9-4-3-7-17-31)37-26(19-27(35-37)30(32,33)34)23-13-15-24(16-14-23)28(38)36-18-8-12-25(36)29(39)40-20-22-10-5-2-6-11-22/h2-7,9-11,13-16,19,25H,1,8,12,17-18,20H2/b7-3-,9-4-. The van der Waals surface area contributed by atoms with Crippen molar-refractivity contribution in [3.8, 4) is 11.3 Å². The van der Waals surface area contributed by atoms with E-state index in [0.717, 1.165) is 16.3 Å². The summed E-state index contributed by atoms with van der Waals surface area (Å²) < 4.78 is 47.0. The van der Waals surface area contributed by atoms with Gasteiger partial charge in [0.05, 0.1) is 11.4 Å². The van der Waals surface area contributed by atoms with E-state index in [1.165, 1.54) is 23.1 Å². The maximum absolute atomic E-state index is 13.5. The number of aromatic nitrogens is 2. The van der Waals surface area contributed by atoms with Gasteiger partial charge in [0.1, 0.15) is 12.6 Å². The monoisotopic (exact) mass is 569 g/mol. The summed E-state index contributed by atoms with van der Waals surface area (Å²) in [5.41, 5.74) is 0.858. The summed E-state index contributed by atoms with van der Waals surface area (Å²) >= 11 is 5.59. The number of nitrogens with zero attached hydrogens (tertiary/aromatic N) is 3. The zero-order valence-electron chi connectivity index (χ0n) is 21.5. The van der Waals surface area contributed by atoms with E-state index >= 15 is 0 Å². The fourth-order valence-electron chi connectivity index (χ4n) is 4.34. The summed E-state index contributed by atoms with van der Waals surface area (Å²) in [4.78, 5) is 27.5. The van der Waals surface area contributed by atoms with Crippen molar-refractivity contribution in [2.24, 2.45) is 0 Å². The quantitative estimate of drug-likeness (QED) is 0.163. The van der Waals surface area contributed by atoms with Crippen molar-refractivity contribution in [1.82, 2.24) is 14.7 Å². The molecule has 3 aromatic rings. The predicted octanol–water partition coefficient (Wildman–Crippen LogP) is 6.74. The van der Waals surface area contributed by atoms with Crippen LogP contribution < -0.4 is 0 Å². The number of hydrogen-bond donors (Lipinski definition) is 0. The van der Waals surface area contributed by atoms with Crippen LogP contribution in [0.1, 0.15) is 34.5 Å². The Labute approximate surface area is 235 Å². The number of allylic oxidation sites excluding steroid dienone is 5. The van der Waals surface area contributed by atoms with Crippen molar-refractivity contribution in [2.75, 3.05) is 12.4 Å². The van der Waals surface area contributed by atoms with E-state index in [1.807, 2.05) is 30.3 Å². The van der Waals surface area contributed by atoms with Crippen LogP contribution in [0.3, 0.4) is 0 Å². The van der Waals surface area contributed by atoms with Gasteiger partial charge in [-0.1, -0.05) is 67.3 Å². The van der Waals surface area contributed by atoms with Gasteiger partial charge in [-0.2, -0.15) is 18.3 Å². The molecule has 0 radical (unpaired) electrons. The van der Waals surface area contributed by atoms with Gasteiger partial charge in [0.15, 0.2) is 5.69 Å². The molecule has 208 valence electrons. The molecule has 0 bridgehead atoms. The van der Waals surface area contributed by atoms with Crippen LogP contribution in [0.5, 0.6) is 0 Å². The Kier molecular flexibility index (Phi) is 9.26. The second-order valence-corrected chi connectivity index (χ2v) is 9.39. The van der Waals surface area contributed by atoms with Crippen LogP contribution in [-0.2, 0) is 22.3 Å². The molecule has 1 amide bonds. The number of ether oxygens (including phenoxy) is 1. The predicted molar refractivity (Wildman–Crippen MR) is 147 cm³/mol. The van der Waals surface area contributed by atoms with Gasteiger partial charge in [-0.05, 0) is 42.7 Å². The number of esters is 1. The van der Waals surface area contributed by atoms with Gasteiger partial charge in [-0.15, -0.1) is 11.6 Å². The zero-order chi connectivity index (χ0) is 28.7. The Hall–Kier alpha value is -4.11. The molecular weight excluding hydrogens is 543 g/mol. The number of carbonyl (C=O) groups is 2. The highest BCUT2D eigenvalue weighted by atomic mass is 35.5. The summed E-state index contributed by atoms with van der Waals surface area (Å²) in [5, 5.41) is 3.71. The number of likely N-dealkylation sites (tertiary alicyclic amines) is 1. The van der Waals surface area contributed by atoms with E-state index in [1.54, 1.807) is 30.4 Å². The van der Waals surface area contributed by atoms with Gasteiger partial charge in [-0.25, -0.2) is 9.48 Å². The Morgan fingerprint density at radius 3 is 2.50 bits per heavy atom. The molecule has 1 aliphatic heterocycles. The SMILES string of the molecule is C=C(/C=C\C=C/CCl)n1nc(C(F)(F)F)cc1-c1ccc(C(=O)N2CCCC2C(=O)OCc2ccccc2)cc1. The van der Waals surface area contributed by atoms with Crippen molar-refractivity contribution in [2.45, 2.75) is 31.7 Å². The average molecular weight is 570 g/mol. The minimum atomic E-state index is -4.65. The summed E-state index contributed by atoms with van der Waals surface area (Å²) in [6, 6.07) is 15.6. The van der Waals surface area contributed by atoms with Crippen LogP contribution in [0, 0.1) is 0 Å². The van der Waals surface area contributed by atoms with Gasteiger partial charge in [0, 0.05) is 23.6 Å². The van der Waals surface area contributed by atoms with Crippen LogP contribution in [0.4, 0.5) is 13.2 Å². The highest BCUT2D eigenvalue weighted by Gasteiger charge is 2.37. The largest absolute Gasteiger partial charge is 0.459 e. The lowest BCUT2D eigenvalue weighted by Gasteiger charge is -2.23. The number of amides is 1. The molecule has 6 nitrogen and oxygen atoms in total. The molecule has 1 atom stereocenters. The van der Waals surface area contributed by atoms with Crippen molar-refractivity contribution >= 4 is 29.2 Å². The fourth-order valence-corrected chi connectivity index (χ4v) is 4.44. The maximum atomic E-state index is 13.5. The van der Waals surface area contributed by atoms with E-state index in [0.29, 0.717) is 36.4 Å². The van der Waals surface area contributed by atoms with Crippen molar-refractivity contribution in [3.05, 3.63) is 108 Å². The van der Waals surface area contributed by atoms with Crippen molar-refractivity contribution in [3.63, 3.8) is 0 Å². The molecule has 0 N–H and O–H groups in total. The lowest BCUT2D eigenvalue weighted by atomic mass is 10.1. The minimum absolute atomic E-state index is 0.115. The number of alkyl halides is 4. The Bertz CT molecular complexity index is 1410. The molecule has 1 fully saturated rings. The lowest BCUT2D eigenvalue weighted by Crippen LogP contribution is -2.41. The average Bonchev–Trinajstić information content (AvgIpc) is 3.63. The third-order valence-electron chi connectivity index (χ3n) is 6.33. The molecule has 2 aromatic carbocycles. The summed E-state index contributed by atoms with van der Waals surface area (Å²) in [6.07, 6.45) is 2.93. The third-order valence-corrected chi connectivity index (χ3v) is 6.51.